The van der Waals surface area contributed by atoms with Crippen LogP contribution in [0, 0.1) is 10.1 Å². The summed E-state index contributed by atoms with van der Waals surface area (Å²) in [6, 6.07) is 2.78. The van der Waals surface area contributed by atoms with Gasteiger partial charge in [0, 0.05) is 19.7 Å². The number of carbonyl (C=O) groups is 1. The number of nitrogens with two attached hydrogens (primary N) is 1. The van der Waals surface area contributed by atoms with Gasteiger partial charge in [-0.05, 0) is 13.0 Å². The van der Waals surface area contributed by atoms with E-state index in [9.17, 15) is 14.9 Å². The van der Waals surface area contributed by atoms with Gasteiger partial charge in [0.25, 0.3) is 0 Å². The van der Waals surface area contributed by atoms with Crippen LogP contribution in [0.1, 0.15) is 13.3 Å². The number of carbonyl (C=O) groups excluding carboxylic acids is 1. The Kier molecular flexibility index (Phi) is 5.04. The molecule has 0 radical (unpaired) electrons. The van der Waals surface area contributed by atoms with E-state index in [0.717, 1.165) is 0 Å². The highest BCUT2D eigenvalue weighted by Gasteiger charge is 2.15. The van der Waals surface area contributed by atoms with Crippen molar-refractivity contribution in [3.8, 4) is 0 Å². The van der Waals surface area contributed by atoms with E-state index in [4.69, 9.17) is 10.5 Å². The quantitative estimate of drug-likeness (QED) is 0.464. The summed E-state index contributed by atoms with van der Waals surface area (Å²) in [4.78, 5) is 26.8. The van der Waals surface area contributed by atoms with Crippen molar-refractivity contribution in [1.29, 1.82) is 0 Å². The normalized spacial score (nSPS) is 10.0. The Bertz CT molecular complexity index is 478. The molecule has 0 aliphatic rings. The van der Waals surface area contributed by atoms with E-state index in [-0.39, 0.29) is 23.9 Å². The van der Waals surface area contributed by atoms with E-state index in [1.54, 1.807) is 18.9 Å². The fourth-order valence-electron chi connectivity index (χ4n) is 1.43. The van der Waals surface area contributed by atoms with Crippen LogP contribution in [-0.4, -0.2) is 36.1 Å². The summed E-state index contributed by atoms with van der Waals surface area (Å²) in [5.74, 6) is 0.0158. The Balaban J connectivity index is 2.67. The van der Waals surface area contributed by atoms with Crippen molar-refractivity contribution in [2.24, 2.45) is 0 Å². The molecule has 0 aromatic carbocycles. The van der Waals surface area contributed by atoms with Crippen molar-refractivity contribution in [3.05, 3.63) is 22.2 Å². The highest BCUT2D eigenvalue weighted by molar-refractivity contribution is 5.70. The number of ether oxygens (including phenoxy) is 1. The lowest BCUT2D eigenvalue weighted by atomic mass is 10.3. The second-order valence-corrected chi connectivity index (χ2v) is 3.81. The van der Waals surface area contributed by atoms with Crippen LogP contribution in [0.5, 0.6) is 0 Å². The van der Waals surface area contributed by atoms with Gasteiger partial charge >= 0.3 is 11.7 Å². The largest absolute Gasteiger partial charge is 0.466 e. The van der Waals surface area contributed by atoms with Gasteiger partial charge < -0.3 is 15.4 Å². The first kappa shape index (κ1) is 14.7. The molecule has 1 heterocycles. The zero-order valence-electron chi connectivity index (χ0n) is 10.8. The first-order chi connectivity index (χ1) is 8.95. The minimum Gasteiger partial charge on any atom is -0.466 e. The molecule has 8 nitrogen and oxygen atoms in total. The van der Waals surface area contributed by atoms with E-state index < -0.39 is 4.92 Å². The molecule has 1 aromatic rings. The van der Waals surface area contributed by atoms with Gasteiger partial charge in [0.05, 0.1) is 18.0 Å². The Morgan fingerprint density at radius 3 is 2.79 bits per heavy atom. The van der Waals surface area contributed by atoms with E-state index in [2.05, 4.69) is 4.98 Å². The lowest BCUT2D eigenvalue weighted by Crippen LogP contribution is -2.23. The van der Waals surface area contributed by atoms with Crippen molar-refractivity contribution >= 4 is 23.3 Å². The molecule has 0 amide bonds. The summed E-state index contributed by atoms with van der Waals surface area (Å²) < 4.78 is 4.80. The molecule has 8 heteroatoms. The highest BCUT2D eigenvalue weighted by Crippen LogP contribution is 2.22. The van der Waals surface area contributed by atoms with Gasteiger partial charge in [-0.2, -0.15) is 0 Å². The number of anilines is 2. The van der Waals surface area contributed by atoms with Gasteiger partial charge in [-0.15, -0.1) is 0 Å². The number of esters is 1. The number of nitrogen functional groups attached to an aromatic ring is 1. The lowest BCUT2D eigenvalue weighted by molar-refractivity contribution is -0.384. The van der Waals surface area contributed by atoms with Crippen LogP contribution in [0.4, 0.5) is 17.3 Å². The van der Waals surface area contributed by atoms with Gasteiger partial charge in [0.15, 0.2) is 0 Å². The summed E-state index contributed by atoms with van der Waals surface area (Å²) in [5.41, 5.74) is 5.26. The molecule has 0 atom stereocenters. The van der Waals surface area contributed by atoms with Crippen molar-refractivity contribution < 1.29 is 14.5 Å². The molecule has 0 fully saturated rings. The number of rotatable bonds is 6. The summed E-state index contributed by atoms with van der Waals surface area (Å²) in [6.07, 6.45) is 0.211. The average molecular weight is 268 g/mol. The van der Waals surface area contributed by atoms with Crippen molar-refractivity contribution in [2.45, 2.75) is 13.3 Å². The molecule has 0 saturated carbocycles. The second kappa shape index (κ2) is 6.53. The molecular weight excluding hydrogens is 252 g/mol. The number of nitrogens with zero attached hydrogens (tertiary/aromatic N) is 3. The van der Waals surface area contributed by atoms with Gasteiger partial charge in [-0.1, -0.05) is 0 Å². The van der Waals surface area contributed by atoms with Crippen molar-refractivity contribution in [3.63, 3.8) is 0 Å². The molecule has 0 spiro atoms. The molecule has 0 aliphatic carbocycles. The monoisotopic (exact) mass is 268 g/mol. The SMILES string of the molecule is CCOC(=O)CCN(C)c1ccc([N+](=O)[O-])c(N)n1. The number of pyridine rings is 1. The van der Waals surface area contributed by atoms with E-state index in [1.165, 1.54) is 12.1 Å². The maximum Gasteiger partial charge on any atom is 0.311 e. The summed E-state index contributed by atoms with van der Waals surface area (Å²) in [7, 11) is 1.72. The summed E-state index contributed by atoms with van der Waals surface area (Å²) in [5, 5.41) is 10.6. The van der Waals surface area contributed by atoms with Crippen molar-refractivity contribution in [1.82, 2.24) is 4.98 Å². The van der Waals surface area contributed by atoms with Crippen LogP contribution in [0.3, 0.4) is 0 Å². The van der Waals surface area contributed by atoms with Crippen LogP contribution in [0.2, 0.25) is 0 Å². The number of aromatic nitrogens is 1. The summed E-state index contributed by atoms with van der Waals surface area (Å²) in [6.45, 7) is 2.47. The zero-order valence-corrected chi connectivity index (χ0v) is 10.8. The minimum absolute atomic E-state index is 0.148. The lowest BCUT2D eigenvalue weighted by Gasteiger charge is -2.17. The molecule has 104 valence electrons. The Labute approximate surface area is 110 Å². The number of nitro groups is 1. The molecule has 1 rings (SSSR count). The number of hydrogen-bond acceptors (Lipinski definition) is 7. The van der Waals surface area contributed by atoms with Crippen LogP contribution in [0.15, 0.2) is 12.1 Å². The average Bonchev–Trinajstić information content (AvgIpc) is 2.35. The summed E-state index contributed by atoms with van der Waals surface area (Å²) >= 11 is 0. The third-order valence-corrected chi connectivity index (χ3v) is 2.43. The Hall–Kier alpha value is -2.38. The Morgan fingerprint density at radius 1 is 1.58 bits per heavy atom. The van der Waals surface area contributed by atoms with Gasteiger partial charge in [0.2, 0.25) is 5.82 Å². The third-order valence-electron chi connectivity index (χ3n) is 2.43. The molecule has 2 N–H and O–H groups in total. The van der Waals surface area contributed by atoms with Crippen molar-refractivity contribution in [2.75, 3.05) is 30.8 Å². The van der Waals surface area contributed by atoms with E-state index in [1.807, 2.05) is 0 Å². The third kappa shape index (κ3) is 4.09. The van der Waals surface area contributed by atoms with Crippen LogP contribution >= 0.6 is 0 Å². The molecule has 0 aliphatic heterocycles. The standard InChI is InChI=1S/C11H16N4O4/c1-3-19-10(16)6-7-14(2)9-5-4-8(15(17)18)11(12)13-9/h4-5H,3,6-7H2,1-2H3,(H2,12,13). The molecule has 0 unspecified atom stereocenters. The molecule has 0 saturated heterocycles. The first-order valence-electron chi connectivity index (χ1n) is 5.73. The van der Waals surface area contributed by atoms with E-state index >= 15 is 0 Å². The fourth-order valence-corrected chi connectivity index (χ4v) is 1.43. The zero-order chi connectivity index (χ0) is 14.4. The van der Waals surface area contributed by atoms with Gasteiger partial charge in [-0.25, -0.2) is 4.98 Å². The molecule has 0 bridgehead atoms. The number of hydrogen-bond donors (Lipinski definition) is 1. The topological polar surface area (TPSA) is 112 Å². The minimum atomic E-state index is -0.593. The highest BCUT2D eigenvalue weighted by atomic mass is 16.6. The maximum absolute atomic E-state index is 11.2. The molecule has 1 aromatic heterocycles. The van der Waals surface area contributed by atoms with Gasteiger partial charge in [-0.3, -0.25) is 14.9 Å². The van der Waals surface area contributed by atoms with E-state index in [0.29, 0.717) is 19.0 Å². The maximum atomic E-state index is 11.2. The predicted octanol–water partition coefficient (Wildman–Crippen LogP) is 0.961. The fraction of sp³-hybridized carbons (Fsp3) is 0.455. The van der Waals surface area contributed by atoms with Crippen LogP contribution in [-0.2, 0) is 9.53 Å². The molecule has 19 heavy (non-hydrogen) atoms. The van der Waals surface area contributed by atoms with Crippen LogP contribution in [0.25, 0.3) is 0 Å². The molecular formula is C11H16N4O4. The predicted molar refractivity (Wildman–Crippen MR) is 69.8 cm³/mol. The first-order valence-corrected chi connectivity index (χ1v) is 5.73. The second-order valence-electron chi connectivity index (χ2n) is 3.81. The van der Waals surface area contributed by atoms with Crippen LogP contribution < -0.4 is 10.6 Å². The van der Waals surface area contributed by atoms with Gasteiger partial charge in [0.1, 0.15) is 5.82 Å². The Morgan fingerprint density at radius 2 is 2.26 bits per heavy atom. The smallest absolute Gasteiger partial charge is 0.311 e.